The van der Waals surface area contributed by atoms with E-state index < -0.39 is 0 Å². The highest BCUT2D eigenvalue weighted by atomic mass is 15.2. The van der Waals surface area contributed by atoms with Gasteiger partial charge >= 0.3 is 0 Å². The summed E-state index contributed by atoms with van der Waals surface area (Å²) in [4.78, 5) is 2.73. The van der Waals surface area contributed by atoms with Crippen LogP contribution in [0.25, 0.3) is 0 Å². The molecule has 2 unspecified atom stereocenters. The van der Waals surface area contributed by atoms with Gasteiger partial charge in [0, 0.05) is 18.6 Å². The standard InChI is InChI=1S/C16H32N2/c1-16(2,3)17-10-5-4-6-11-18-12-14-8-7-9-15(14)13-18/h14-15,17H,4-13H2,1-3H3. The van der Waals surface area contributed by atoms with Crippen LogP contribution in [-0.4, -0.2) is 36.6 Å². The first-order valence-corrected chi connectivity index (χ1v) is 8.02. The largest absolute Gasteiger partial charge is 0.312 e. The van der Waals surface area contributed by atoms with Crippen molar-refractivity contribution in [2.75, 3.05) is 26.2 Å². The third kappa shape index (κ3) is 4.55. The lowest BCUT2D eigenvalue weighted by atomic mass is 10.0. The topological polar surface area (TPSA) is 15.3 Å². The molecular formula is C16H32N2. The quantitative estimate of drug-likeness (QED) is 0.730. The number of nitrogens with zero attached hydrogens (tertiary/aromatic N) is 1. The molecule has 0 aromatic heterocycles. The van der Waals surface area contributed by atoms with Crippen molar-refractivity contribution in [2.24, 2.45) is 11.8 Å². The van der Waals surface area contributed by atoms with Crippen molar-refractivity contribution >= 4 is 0 Å². The minimum absolute atomic E-state index is 0.284. The van der Waals surface area contributed by atoms with E-state index in [1.807, 2.05) is 0 Å². The molecule has 1 aliphatic carbocycles. The maximum absolute atomic E-state index is 3.57. The minimum atomic E-state index is 0.284. The number of unbranched alkanes of at least 4 members (excludes halogenated alkanes) is 2. The molecule has 1 aliphatic heterocycles. The van der Waals surface area contributed by atoms with Gasteiger partial charge in [0.1, 0.15) is 0 Å². The first-order valence-electron chi connectivity index (χ1n) is 8.02. The summed E-state index contributed by atoms with van der Waals surface area (Å²) in [5.41, 5.74) is 0.284. The first kappa shape index (κ1) is 14.3. The molecule has 2 fully saturated rings. The van der Waals surface area contributed by atoms with Gasteiger partial charge in [-0.15, -0.1) is 0 Å². The Morgan fingerprint density at radius 3 is 2.28 bits per heavy atom. The predicted molar refractivity (Wildman–Crippen MR) is 78.9 cm³/mol. The van der Waals surface area contributed by atoms with Gasteiger partial charge in [0.05, 0.1) is 0 Å². The van der Waals surface area contributed by atoms with Crippen molar-refractivity contribution in [1.29, 1.82) is 0 Å². The Morgan fingerprint density at radius 1 is 1.00 bits per heavy atom. The Balaban J connectivity index is 1.47. The molecule has 2 nitrogen and oxygen atoms in total. The normalized spacial score (nSPS) is 28.8. The lowest BCUT2D eigenvalue weighted by molar-refractivity contribution is 0.301. The van der Waals surface area contributed by atoms with Crippen LogP contribution in [0.2, 0.25) is 0 Å². The van der Waals surface area contributed by atoms with Crippen LogP contribution in [0.1, 0.15) is 59.3 Å². The van der Waals surface area contributed by atoms with Gasteiger partial charge in [-0.3, -0.25) is 0 Å². The van der Waals surface area contributed by atoms with E-state index in [1.54, 1.807) is 0 Å². The molecule has 2 rings (SSSR count). The van der Waals surface area contributed by atoms with E-state index >= 15 is 0 Å². The average Bonchev–Trinajstić information content (AvgIpc) is 2.81. The SMILES string of the molecule is CC(C)(C)NCCCCCN1CC2CCCC2C1. The van der Waals surface area contributed by atoms with Crippen LogP contribution in [0.5, 0.6) is 0 Å². The number of likely N-dealkylation sites (tertiary alicyclic amines) is 1. The van der Waals surface area contributed by atoms with E-state index in [9.17, 15) is 0 Å². The van der Waals surface area contributed by atoms with E-state index in [0.717, 1.165) is 11.8 Å². The highest BCUT2D eigenvalue weighted by molar-refractivity contribution is 4.88. The summed E-state index contributed by atoms with van der Waals surface area (Å²) in [6.07, 6.45) is 8.63. The molecule has 18 heavy (non-hydrogen) atoms. The van der Waals surface area contributed by atoms with Crippen LogP contribution < -0.4 is 5.32 Å². The van der Waals surface area contributed by atoms with Gasteiger partial charge in [-0.1, -0.05) is 12.8 Å². The van der Waals surface area contributed by atoms with Crippen molar-refractivity contribution in [2.45, 2.75) is 64.8 Å². The predicted octanol–water partition coefficient (Wildman–Crippen LogP) is 3.28. The summed E-state index contributed by atoms with van der Waals surface area (Å²) in [6, 6.07) is 0. The van der Waals surface area contributed by atoms with Crippen LogP contribution >= 0.6 is 0 Å². The van der Waals surface area contributed by atoms with Gasteiger partial charge in [0.25, 0.3) is 0 Å². The fourth-order valence-corrected chi connectivity index (χ4v) is 3.62. The Kier molecular flexibility index (Phi) is 5.08. The van der Waals surface area contributed by atoms with Gasteiger partial charge in [-0.2, -0.15) is 0 Å². The molecule has 0 bridgehead atoms. The fourth-order valence-electron chi connectivity index (χ4n) is 3.62. The lowest BCUT2D eigenvalue weighted by Crippen LogP contribution is -2.36. The third-order valence-corrected chi connectivity index (χ3v) is 4.61. The van der Waals surface area contributed by atoms with Gasteiger partial charge in [0.15, 0.2) is 0 Å². The van der Waals surface area contributed by atoms with Crippen molar-refractivity contribution < 1.29 is 0 Å². The molecule has 1 heterocycles. The van der Waals surface area contributed by atoms with E-state index in [-0.39, 0.29) is 5.54 Å². The summed E-state index contributed by atoms with van der Waals surface area (Å²) in [6.45, 7) is 12.1. The second kappa shape index (κ2) is 6.38. The van der Waals surface area contributed by atoms with E-state index in [0.29, 0.717) is 0 Å². The molecule has 1 N–H and O–H groups in total. The summed E-state index contributed by atoms with van der Waals surface area (Å²) in [5, 5.41) is 3.57. The van der Waals surface area contributed by atoms with Gasteiger partial charge in [-0.05, 0) is 71.4 Å². The van der Waals surface area contributed by atoms with Gasteiger partial charge in [0.2, 0.25) is 0 Å². The van der Waals surface area contributed by atoms with Crippen LogP contribution in [0.4, 0.5) is 0 Å². The monoisotopic (exact) mass is 252 g/mol. The average molecular weight is 252 g/mol. The number of hydrogen-bond donors (Lipinski definition) is 1. The van der Waals surface area contributed by atoms with Crippen molar-refractivity contribution in [1.82, 2.24) is 10.2 Å². The maximum Gasteiger partial charge on any atom is 0.00965 e. The molecule has 2 aliphatic rings. The number of fused-ring (bicyclic) bond motifs is 1. The van der Waals surface area contributed by atoms with Crippen molar-refractivity contribution in [3.63, 3.8) is 0 Å². The summed E-state index contributed by atoms with van der Waals surface area (Å²) < 4.78 is 0. The Labute approximate surface area is 114 Å². The molecule has 1 saturated heterocycles. The summed E-state index contributed by atoms with van der Waals surface area (Å²) in [5.74, 6) is 2.13. The summed E-state index contributed by atoms with van der Waals surface area (Å²) in [7, 11) is 0. The van der Waals surface area contributed by atoms with Crippen molar-refractivity contribution in [3.05, 3.63) is 0 Å². The molecule has 0 amide bonds. The zero-order valence-electron chi connectivity index (χ0n) is 12.7. The zero-order valence-corrected chi connectivity index (χ0v) is 12.7. The van der Waals surface area contributed by atoms with Gasteiger partial charge < -0.3 is 10.2 Å². The molecule has 2 heteroatoms. The Hall–Kier alpha value is -0.0800. The zero-order chi connectivity index (χ0) is 13.0. The molecule has 2 atom stereocenters. The fraction of sp³-hybridized carbons (Fsp3) is 1.00. The third-order valence-electron chi connectivity index (χ3n) is 4.61. The molecule has 0 aromatic rings. The Morgan fingerprint density at radius 2 is 1.67 bits per heavy atom. The molecule has 0 spiro atoms. The number of nitrogens with one attached hydrogen (secondary N) is 1. The van der Waals surface area contributed by atoms with Crippen LogP contribution in [0.15, 0.2) is 0 Å². The van der Waals surface area contributed by atoms with Crippen LogP contribution in [0, 0.1) is 11.8 Å². The van der Waals surface area contributed by atoms with Crippen LogP contribution in [0.3, 0.4) is 0 Å². The van der Waals surface area contributed by atoms with Gasteiger partial charge in [-0.25, -0.2) is 0 Å². The van der Waals surface area contributed by atoms with Crippen molar-refractivity contribution in [3.8, 4) is 0 Å². The molecule has 106 valence electrons. The summed E-state index contributed by atoms with van der Waals surface area (Å²) >= 11 is 0. The van der Waals surface area contributed by atoms with E-state index in [2.05, 4.69) is 31.0 Å². The first-order chi connectivity index (χ1) is 8.54. The molecule has 0 radical (unpaired) electrons. The number of rotatable bonds is 6. The second-order valence-electron chi connectivity index (χ2n) is 7.45. The molecule has 1 saturated carbocycles. The van der Waals surface area contributed by atoms with E-state index in [4.69, 9.17) is 0 Å². The minimum Gasteiger partial charge on any atom is -0.312 e. The second-order valence-corrected chi connectivity index (χ2v) is 7.45. The Bertz CT molecular complexity index is 232. The maximum atomic E-state index is 3.57. The molecular weight excluding hydrogens is 220 g/mol. The smallest absolute Gasteiger partial charge is 0.00965 e. The highest BCUT2D eigenvalue weighted by Gasteiger charge is 2.35. The van der Waals surface area contributed by atoms with Crippen LogP contribution in [-0.2, 0) is 0 Å². The van der Waals surface area contributed by atoms with E-state index in [1.165, 1.54) is 64.7 Å². The molecule has 0 aromatic carbocycles. The number of hydrogen-bond acceptors (Lipinski definition) is 2. The highest BCUT2D eigenvalue weighted by Crippen LogP contribution is 2.37. The lowest BCUT2D eigenvalue weighted by Gasteiger charge is -2.20.